The van der Waals surface area contributed by atoms with E-state index in [4.69, 9.17) is 0 Å². The van der Waals surface area contributed by atoms with Crippen molar-refractivity contribution < 1.29 is 8.42 Å². The lowest BCUT2D eigenvalue weighted by Gasteiger charge is -2.34. The summed E-state index contributed by atoms with van der Waals surface area (Å²) in [6, 6.07) is 0. The highest BCUT2D eigenvalue weighted by Crippen LogP contribution is 2.41. The van der Waals surface area contributed by atoms with Crippen LogP contribution in [0, 0.1) is 5.41 Å². The number of sulfone groups is 1. The van der Waals surface area contributed by atoms with Gasteiger partial charge >= 0.3 is 0 Å². The van der Waals surface area contributed by atoms with Crippen molar-refractivity contribution in [3.8, 4) is 0 Å². The summed E-state index contributed by atoms with van der Waals surface area (Å²) in [5, 5.41) is 3.58. The van der Waals surface area contributed by atoms with E-state index in [0.717, 1.165) is 25.8 Å². The Morgan fingerprint density at radius 1 is 1.00 bits per heavy atom. The van der Waals surface area contributed by atoms with E-state index < -0.39 is 14.6 Å². The average Bonchev–Trinajstić information content (AvgIpc) is 2.71. The first-order valence-corrected chi connectivity index (χ1v) is 9.50. The SMILES string of the molecule is CC(C)(C)NCC1(CCS(=O)(=O)C(C)(C)C)CCCC1. The zero-order valence-electron chi connectivity index (χ0n) is 14.2. The average molecular weight is 304 g/mol. The van der Waals surface area contributed by atoms with Crippen LogP contribution in [0.15, 0.2) is 0 Å². The fraction of sp³-hybridized carbons (Fsp3) is 1.00. The van der Waals surface area contributed by atoms with Crippen LogP contribution in [-0.2, 0) is 9.84 Å². The van der Waals surface area contributed by atoms with Crippen molar-refractivity contribution in [1.82, 2.24) is 5.32 Å². The first-order chi connectivity index (χ1) is 8.87. The summed E-state index contributed by atoms with van der Waals surface area (Å²) in [5.74, 6) is 0.322. The number of hydrogen-bond acceptors (Lipinski definition) is 3. The third kappa shape index (κ3) is 5.03. The smallest absolute Gasteiger partial charge is 0.155 e. The highest BCUT2D eigenvalue weighted by molar-refractivity contribution is 7.92. The lowest BCUT2D eigenvalue weighted by Crippen LogP contribution is -2.44. The van der Waals surface area contributed by atoms with Gasteiger partial charge in [0.2, 0.25) is 0 Å². The van der Waals surface area contributed by atoms with Crippen LogP contribution in [0.2, 0.25) is 0 Å². The summed E-state index contributed by atoms with van der Waals surface area (Å²) >= 11 is 0. The Morgan fingerprint density at radius 2 is 1.50 bits per heavy atom. The van der Waals surface area contributed by atoms with E-state index >= 15 is 0 Å². The molecule has 0 bridgehead atoms. The molecule has 0 saturated heterocycles. The van der Waals surface area contributed by atoms with E-state index in [1.165, 1.54) is 12.8 Å². The van der Waals surface area contributed by atoms with Gasteiger partial charge in [0.15, 0.2) is 9.84 Å². The molecule has 1 aliphatic rings. The molecule has 0 atom stereocenters. The highest BCUT2D eigenvalue weighted by Gasteiger charge is 2.38. The minimum absolute atomic E-state index is 0.0957. The molecule has 1 N–H and O–H groups in total. The quantitative estimate of drug-likeness (QED) is 0.845. The Balaban J connectivity index is 2.69. The maximum atomic E-state index is 12.3. The van der Waals surface area contributed by atoms with Gasteiger partial charge in [-0.15, -0.1) is 0 Å². The van der Waals surface area contributed by atoms with E-state index in [9.17, 15) is 8.42 Å². The Bertz CT molecular complexity index is 407. The molecule has 1 saturated carbocycles. The van der Waals surface area contributed by atoms with Gasteiger partial charge in [-0.3, -0.25) is 0 Å². The predicted molar refractivity (Wildman–Crippen MR) is 86.8 cm³/mol. The second-order valence-electron chi connectivity index (χ2n) is 8.49. The lowest BCUT2D eigenvalue weighted by atomic mass is 9.82. The molecule has 1 aliphatic carbocycles. The summed E-state index contributed by atoms with van der Waals surface area (Å²) in [6.07, 6.45) is 5.60. The zero-order chi connectivity index (χ0) is 15.7. The molecule has 0 aliphatic heterocycles. The maximum absolute atomic E-state index is 12.3. The summed E-state index contributed by atoms with van der Waals surface area (Å²) in [4.78, 5) is 0. The van der Waals surface area contributed by atoms with Crippen molar-refractivity contribution >= 4 is 9.84 Å². The lowest BCUT2D eigenvalue weighted by molar-refractivity contribution is 0.238. The molecule has 3 nitrogen and oxygen atoms in total. The van der Waals surface area contributed by atoms with Gasteiger partial charge in [-0.1, -0.05) is 12.8 Å². The molecular weight excluding hydrogens is 270 g/mol. The Hall–Kier alpha value is -0.0900. The first kappa shape index (κ1) is 18.0. The van der Waals surface area contributed by atoms with E-state index in [1.807, 2.05) is 0 Å². The third-order valence-corrected chi connectivity index (χ3v) is 7.10. The second-order valence-corrected chi connectivity index (χ2v) is 11.4. The minimum Gasteiger partial charge on any atom is -0.312 e. The van der Waals surface area contributed by atoms with Crippen LogP contribution in [0.3, 0.4) is 0 Å². The van der Waals surface area contributed by atoms with Gasteiger partial charge in [-0.05, 0) is 66.2 Å². The van der Waals surface area contributed by atoms with Crippen molar-refractivity contribution in [2.45, 2.75) is 83.9 Å². The van der Waals surface area contributed by atoms with Crippen molar-refractivity contribution in [1.29, 1.82) is 0 Å². The van der Waals surface area contributed by atoms with Gasteiger partial charge < -0.3 is 5.32 Å². The molecule has 0 aromatic rings. The summed E-state index contributed by atoms with van der Waals surface area (Å²) in [5.41, 5.74) is 0.282. The van der Waals surface area contributed by atoms with E-state index in [-0.39, 0.29) is 11.0 Å². The van der Waals surface area contributed by atoms with Crippen molar-refractivity contribution in [2.24, 2.45) is 5.41 Å². The van der Waals surface area contributed by atoms with Gasteiger partial charge in [0, 0.05) is 12.1 Å². The van der Waals surface area contributed by atoms with Crippen LogP contribution in [0.1, 0.15) is 73.6 Å². The van der Waals surface area contributed by atoms with Crippen LogP contribution in [0.4, 0.5) is 0 Å². The first-order valence-electron chi connectivity index (χ1n) is 7.84. The number of hydrogen-bond donors (Lipinski definition) is 1. The molecule has 0 amide bonds. The molecule has 0 unspecified atom stereocenters. The van der Waals surface area contributed by atoms with E-state index in [1.54, 1.807) is 20.8 Å². The monoisotopic (exact) mass is 303 g/mol. The number of nitrogens with one attached hydrogen (secondary N) is 1. The minimum atomic E-state index is -3.00. The molecule has 120 valence electrons. The normalized spacial score (nSPS) is 20.3. The Morgan fingerprint density at radius 3 is 1.90 bits per heavy atom. The van der Waals surface area contributed by atoms with Gasteiger partial charge in [0.25, 0.3) is 0 Å². The molecular formula is C16H33NO2S. The molecule has 4 heteroatoms. The summed E-state index contributed by atoms with van der Waals surface area (Å²) in [6.45, 7) is 12.9. The predicted octanol–water partition coefficient (Wildman–Crippen LogP) is 3.54. The van der Waals surface area contributed by atoms with Crippen LogP contribution >= 0.6 is 0 Å². The van der Waals surface area contributed by atoms with Crippen LogP contribution in [-0.4, -0.2) is 31.0 Å². The van der Waals surface area contributed by atoms with Crippen molar-refractivity contribution in [2.75, 3.05) is 12.3 Å². The molecule has 20 heavy (non-hydrogen) atoms. The number of rotatable bonds is 5. The topological polar surface area (TPSA) is 46.2 Å². The molecule has 1 rings (SSSR count). The highest BCUT2D eigenvalue weighted by atomic mass is 32.2. The molecule has 1 fully saturated rings. The van der Waals surface area contributed by atoms with Crippen molar-refractivity contribution in [3.05, 3.63) is 0 Å². The van der Waals surface area contributed by atoms with E-state index in [0.29, 0.717) is 5.75 Å². The molecule has 0 radical (unpaired) electrons. The maximum Gasteiger partial charge on any atom is 0.155 e. The Kier molecular flexibility index (Phi) is 5.35. The molecule has 0 spiro atoms. The van der Waals surface area contributed by atoms with E-state index in [2.05, 4.69) is 26.1 Å². The fourth-order valence-electron chi connectivity index (χ4n) is 2.75. The summed E-state index contributed by atoms with van der Waals surface area (Å²) < 4.78 is 24.0. The standard InChI is InChI=1S/C16H33NO2S/c1-14(2,3)17-13-16(9-7-8-10-16)11-12-20(18,19)15(4,5)6/h17H,7-13H2,1-6H3. The fourth-order valence-corrected chi connectivity index (χ4v) is 4.06. The van der Waals surface area contributed by atoms with Crippen molar-refractivity contribution in [3.63, 3.8) is 0 Å². The molecule has 0 aromatic carbocycles. The second kappa shape index (κ2) is 5.96. The van der Waals surface area contributed by atoms with Gasteiger partial charge in [-0.2, -0.15) is 0 Å². The third-order valence-electron chi connectivity index (χ3n) is 4.49. The van der Waals surface area contributed by atoms with Gasteiger partial charge in [0.05, 0.1) is 10.5 Å². The van der Waals surface area contributed by atoms with Gasteiger partial charge in [-0.25, -0.2) is 8.42 Å². The Labute approximate surface area is 125 Å². The van der Waals surface area contributed by atoms with Crippen LogP contribution in [0.25, 0.3) is 0 Å². The molecule has 0 aromatic heterocycles. The largest absolute Gasteiger partial charge is 0.312 e. The molecule has 0 heterocycles. The van der Waals surface area contributed by atoms with Crippen LogP contribution < -0.4 is 5.32 Å². The zero-order valence-corrected chi connectivity index (χ0v) is 15.0. The van der Waals surface area contributed by atoms with Gasteiger partial charge in [0.1, 0.15) is 0 Å². The summed E-state index contributed by atoms with van der Waals surface area (Å²) in [7, 11) is -3.00. The van der Waals surface area contributed by atoms with Crippen LogP contribution in [0.5, 0.6) is 0 Å².